The molecule has 1 aliphatic heterocycles. The van der Waals surface area contributed by atoms with E-state index < -0.39 is 0 Å². The lowest BCUT2D eigenvalue weighted by atomic mass is 10.1. The van der Waals surface area contributed by atoms with Crippen molar-refractivity contribution >= 4 is 40.7 Å². The number of amides is 1. The summed E-state index contributed by atoms with van der Waals surface area (Å²) in [5.41, 5.74) is 3.06. The summed E-state index contributed by atoms with van der Waals surface area (Å²) in [6.07, 6.45) is 5.06. The molecule has 1 N–H and O–H groups in total. The lowest BCUT2D eigenvalue weighted by Gasteiger charge is -2.07. The summed E-state index contributed by atoms with van der Waals surface area (Å²) >= 11 is 7.90. The van der Waals surface area contributed by atoms with E-state index >= 15 is 0 Å². The van der Waals surface area contributed by atoms with E-state index in [4.69, 9.17) is 16.3 Å². The highest BCUT2D eigenvalue weighted by molar-refractivity contribution is 7.17. The second-order valence-electron chi connectivity index (χ2n) is 6.96. The summed E-state index contributed by atoms with van der Waals surface area (Å²) in [5, 5.41) is 11.0. The van der Waals surface area contributed by atoms with Gasteiger partial charge in [0, 0.05) is 29.1 Å². The molecule has 2 aromatic heterocycles. The van der Waals surface area contributed by atoms with E-state index in [1.54, 1.807) is 38.3 Å². The van der Waals surface area contributed by atoms with Gasteiger partial charge in [0.2, 0.25) is 5.91 Å². The number of Topliss-reactive ketones (excluding diaryl/α,β-unsaturated/α-hetero) is 1. The molecule has 1 aromatic carbocycles. The Morgan fingerprint density at radius 2 is 2.06 bits per heavy atom. The third-order valence-electron chi connectivity index (χ3n) is 4.66. The summed E-state index contributed by atoms with van der Waals surface area (Å²) in [4.78, 5) is 25.5. The van der Waals surface area contributed by atoms with Crippen molar-refractivity contribution in [1.29, 1.82) is 0 Å². The van der Waals surface area contributed by atoms with E-state index in [0.717, 1.165) is 16.0 Å². The molecular weight excluding hydrogens is 434 g/mol. The van der Waals surface area contributed by atoms with Gasteiger partial charge < -0.3 is 10.1 Å². The minimum absolute atomic E-state index is 0.0387. The Hall–Kier alpha value is -3.29. The number of halogens is 1. The monoisotopic (exact) mass is 451 g/mol. The second-order valence-corrected chi connectivity index (χ2v) is 8.46. The molecule has 31 heavy (non-hydrogen) atoms. The molecule has 1 aliphatic rings. The molecule has 0 fully saturated rings. The van der Waals surface area contributed by atoms with E-state index in [0.29, 0.717) is 39.2 Å². The average molecular weight is 452 g/mol. The van der Waals surface area contributed by atoms with Crippen LogP contribution in [0.1, 0.15) is 34.8 Å². The minimum Gasteiger partial charge on any atom is -0.458 e. The van der Waals surface area contributed by atoms with Crippen molar-refractivity contribution in [3.63, 3.8) is 0 Å². The number of aromatic nitrogens is 2. The molecule has 6 nitrogen and oxygen atoms in total. The minimum atomic E-state index is -0.294. The van der Waals surface area contributed by atoms with Gasteiger partial charge in [0.25, 0.3) is 0 Å². The maximum Gasteiger partial charge on any atom is 0.248 e. The Bertz CT molecular complexity index is 1230. The number of hydrogen-bond acceptors (Lipinski definition) is 6. The smallest absolute Gasteiger partial charge is 0.248 e. The highest BCUT2D eigenvalue weighted by Crippen LogP contribution is 2.42. The van der Waals surface area contributed by atoms with Crippen LogP contribution in [0.3, 0.4) is 0 Å². The van der Waals surface area contributed by atoms with Crippen molar-refractivity contribution in [3.05, 3.63) is 81.3 Å². The fourth-order valence-electron chi connectivity index (χ4n) is 3.12. The molecular formula is C23H18ClN3O3S. The molecule has 0 saturated heterocycles. The van der Waals surface area contributed by atoms with Crippen molar-refractivity contribution in [3.8, 4) is 16.2 Å². The van der Waals surface area contributed by atoms with E-state index in [2.05, 4.69) is 15.5 Å². The number of allylic oxidation sites excluding steroid dienone is 2. The average Bonchev–Trinajstić information content (AvgIpc) is 3.41. The predicted molar refractivity (Wildman–Crippen MR) is 121 cm³/mol. The quantitative estimate of drug-likeness (QED) is 0.433. The Kier molecular flexibility index (Phi) is 5.97. The molecule has 0 bridgehead atoms. The van der Waals surface area contributed by atoms with Crippen molar-refractivity contribution in [2.45, 2.75) is 20.3 Å². The number of nitrogens with one attached hydrogen (secondary N) is 1. The van der Waals surface area contributed by atoms with Gasteiger partial charge in [-0.05, 0) is 61.9 Å². The van der Waals surface area contributed by atoms with Gasteiger partial charge in [-0.3, -0.25) is 9.59 Å². The summed E-state index contributed by atoms with van der Waals surface area (Å²) in [7, 11) is 0. The zero-order valence-electron chi connectivity index (χ0n) is 16.8. The van der Waals surface area contributed by atoms with Crippen LogP contribution in [-0.4, -0.2) is 21.9 Å². The molecule has 0 spiro atoms. The van der Waals surface area contributed by atoms with Gasteiger partial charge in [0.1, 0.15) is 11.5 Å². The lowest BCUT2D eigenvalue weighted by molar-refractivity contribution is -0.115. The third kappa shape index (κ3) is 4.73. The fourth-order valence-corrected chi connectivity index (χ4v) is 4.29. The topological polar surface area (TPSA) is 81.2 Å². The SMILES string of the molecule is CC(=O)c1ccc(-c2cc(Cl)c3c(c2)C/C(=C(\C)NC(=O)/C=C/c2cccnn2)O3)s1. The molecule has 0 radical (unpaired) electrons. The summed E-state index contributed by atoms with van der Waals surface area (Å²) in [6.45, 7) is 3.33. The van der Waals surface area contributed by atoms with Crippen molar-refractivity contribution in [2.75, 3.05) is 0 Å². The first-order valence-electron chi connectivity index (χ1n) is 9.48. The highest BCUT2D eigenvalue weighted by atomic mass is 35.5. The maximum atomic E-state index is 12.2. The number of carbonyl (C=O) groups excluding carboxylic acids is 2. The first kappa shape index (κ1) is 21.0. The number of benzene rings is 1. The summed E-state index contributed by atoms with van der Waals surface area (Å²) in [6, 6.07) is 11.1. The normalized spacial score (nSPS) is 14.3. The van der Waals surface area contributed by atoms with Crippen LogP contribution in [0.2, 0.25) is 5.02 Å². The van der Waals surface area contributed by atoms with Crippen LogP contribution in [-0.2, 0) is 11.2 Å². The zero-order chi connectivity index (χ0) is 22.0. The standard InChI is InChI=1S/C23H18ClN3O3S/c1-13(26-22(29)8-5-17-4-3-9-25-27-17)19-12-16-10-15(11-18(24)23(16)30-19)21-7-6-20(31-21)14(2)28/h3-11H,12H2,1-2H3,(H,26,29)/b8-5+,19-13-. The summed E-state index contributed by atoms with van der Waals surface area (Å²) in [5.74, 6) is 0.965. The van der Waals surface area contributed by atoms with E-state index in [1.807, 2.05) is 24.3 Å². The van der Waals surface area contributed by atoms with Gasteiger partial charge in [0.05, 0.1) is 21.3 Å². The second kappa shape index (κ2) is 8.83. The van der Waals surface area contributed by atoms with Crippen molar-refractivity contribution in [2.24, 2.45) is 0 Å². The highest BCUT2D eigenvalue weighted by Gasteiger charge is 2.24. The number of rotatable bonds is 5. The number of hydrogen-bond donors (Lipinski definition) is 1. The molecule has 0 atom stereocenters. The first-order valence-corrected chi connectivity index (χ1v) is 10.7. The van der Waals surface area contributed by atoms with Crippen LogP contribution < -0.4 is 10.1 Å². The van der Waals surface area contributed by atoms with Gasteiger partial charge in [-0.25, -0.2) is 0 Å². The van der Waals surface area contributed by atoms with Crippen LogP contribution in [0.15, 0.2) is 60.1 Å². The molecule has 0 aliphatic carbocycles. The molecule has 8 heteroatoms. The molecule has 0 unspecified atom stereocenters. The van der Waals surface area contributed by atoms with Gasteiger partial charge in [-0.15, -0.1) is 11.3 Å². The molecule has 1 amide bonds. The van der Waals surface area contributed by atoms with E-state index in [9.17, 15) is 9.59 Å². The molecule has 3 heterocycles. The molecule has 0 saturated carbocycles. The lowest BCUT2D eigenvalue weighted by Crippen LogP contribution is -2.21. The van der Waals surface area contributed by atoms with E-state index in [1.165, 1.54) is 17.4 Å². The maximum absolute atomic E-state index is 12.2. The number of ether oxygens (including phenoxy) is 1. The zero-order valence-corrected chi connectivity index (χ0v) is 18.4. The summed E-state index contributed by atoms with van der Waals surface area (Å²) < 4.78 is 5.93. The molecule has 3 aromatic rings. The third-order valence-corrected chi connectivity index (χ3v) is 6.18. The van der Waals surface area contributed by atoms with Gasteiger partial charge in [-0.2, -0.15) is 10.2 Å². The Morgan fingerprint density at radius 1 is 1.23 bits per heavy atom. The van der Waals surface area contributed by atoms with Crippen LogP contribution >= 0.6 is 22.9 Å². The van der Waals surface area contributed by atoms with Crippen molar-refractivity contribution in [1.82, 2.24) is 15.5 Å². The number of fused-ring (bicyclic) bond motifs is 1. The van der Waals surface area contributed by atoms with Gasteiger partial charge in [0.15, 0.2) is 5.78 Å². The Balaban J connectivity index is 1.51. The number of thiophene rings is 1. The molecule has 4 rings (SSSR count). The Morgan fingerprint density at radius 3 is 2.77 bits per heavy atom. The predicted octanol–water partition coefficient (Wildman–Crippen LogP) is 5.06. The van der Waals surface area contributed by atoms with Gasteiger partial charge >= 0.3 is 0 Å². The van der Waals surface area contributed by atoms with Crippen LogP contribution in [0.4, 0.5) is 0 Å². The van der Waals surface area contributed by atoms with E-state index in [-0.39, 0.29) is 11.7 Å². The largest absolute Gasteiger partial charge is 0.458 e. The van der Waals surface area contributed by atoms with Gasteiger partial charge in [-0.1, -0.05) is 11.6 Å². The fraction of sp³-hybridized carbons (Fsp3) is 0.130. The number of ketones is 1. The van der Waals surface area contributed by atoms with Crippen molar-refractivity contribution < 1.29 is 14.3 Å². The first-order chi connectivity index (χ1) is 14.9. The number of carbonyl (C=O) groups is 2. The molecule has 156 valence electrons. The van der Waals surface area contributed by atoms with Crippen LogP contribution in [0.25, 0.3) is 16.5 Å². The van der Waals surface area contributed by atoms with Crippen LogP contribution in [0.5, 0.6) is 5.75 Å². The Labute approximate surface area is 188 Å². The van der Waals surface area contributed by atoms with Crippen LogP contribution in [0, 0.1) is 0 Å². The number of nitrogens with zero attached hydrogens (tertiary/aromatic N) is 2.